The Balaban J connectivity index is 2.79. The maximum atomic E-state index is 13.5. The van der Waals surface area contributed by atoms with Crippen molar-refractivity contribution < 1.29 is 28.7 Å². The summed E-state index contributed by atoms with van der Waals surface area (Å²) in [5.74, 6) is -1.64. The number of unbranched alkanes of at least 4 members (excludes halogenated alkanes) is 1. The summed E-state index contributed by atoms with van der Waals surface area (Å²) < 4.78 is 10.7. The number of nitrogens with one attached hydrogen (secondary N) is 6. The number of hydrogen-bond donors (Lipinski definition) is 7. The van der Waals surface area contributed by atoms with Gasteiger partial charge in [-0.05, 0) is 64.4 Å². The van der Waals surface area contributed by atoms with Crippen molar-refractivity contribution in [2.45, 2.75) is 103 Å². The molecule has 1 aromatic rings. The molecular formula is C31H53N7O6. The normalized spacial score (nSPS) is 13.8. The third-order valence-corrected chi connectivity index (χ3v) is 6.79. The van der Waals surface area contributed by atoms with Crippen LogP contribution in [0.3, 0.4) is 0 Å². The lowest BCUT2D eigenvalue weighted by Gasteiger charge is -2.26. The van der Waals surface area contributed by atoms with E-state index in [1.807, 2.05) is 44.2 Å². The fourth-order valence-electron chi connectivity index (χ4n) is 4.02. The van der Waals surface area contributed by atoms with Gasteiger partial charge in [-0.25, -0.2) is 9.59 Å². The zero-order chi connectivity index (χ0) is 33.1. The van der Waals surface area contributed by atoms with Gasteiger partial charge in [-0.2, -0.15) is 0 Å². The highest BCUT2D eigenvalue weighted by molar-refractivity contribution is 5.92. The van der Waals surface area contributed by atoms with Crippen LogP contribution in [-0.4, -0.2) is 73.7 Å². The first-order chi connectivity index (χ1) is 20.8. The van der Waals surface area contributed by atoms with Crippen LogP contribution in [0, 0.1) is 11.3 Å². The number of carbonyl (C=O) groups excluding carboxylic acids is 4. The molecular weight excluding hydrogens is 566 g/mol. The monoisotopic (exact) mass is 619 g/mol. The smallest absolute Gasteiger partial charge is 0.407 e. The fourth-order valence-corrected chi connectivity index (χ4v) is 4.02. The number of guanidine groups is 1. The van der Waals surface area contributed by atoms with E-state index in [9.17, 15) is 19.2 Å². The number of alkyl carbamates (subject to hydrolysis) is 1. The maximum absolute atomic E-state index is 13.5. The first kappa shape index (κ1) is 38.2. The van der Waals surface area contributed by atoms with Gasteiger partial charge in [0.2, 0.25) is 11.8 Å². The molecule has 0 saturated heterocycles. The minimum atomic E-state index is -0.957. The molecule has 0 bridgehead atoms. The summed E-state index contributed by atoms with van der Waals surface area (Å²) in [6.07, 6.45) is 2.33. The number of carbonyl (C=O) groups is 4. The van der Waals surface area contributed by atoms with E-state index in [-0.39, 0.29) is 24.9 Å². The Morgan fingerprint density at radius 2 is 1.59 bits per heavy atom. The number of nitrogens with two attached hydrogens (primary N) is 1. The van der Waals surface area contributed by atoms with Gasteiger partial charge in [0, 0.05) is 20.1 Å². The molecule has 248 valence electrons. The number of benzene rings is 1. The molecule has 0 spiro atoms. The molecule has 3 amide bonds. The van der Waals surface area contributed by atoms with Crippen molar-refractivity contribution in [1.29, 1.82) is 5.41 Å². The Morgan fingerprint density at radius 1 is 0.932 bits per heavy atom. The predicted molar refractivity (Wildman–Crippen MR) is 170 cm³/mol. The average molecular weight is 620 g/mol. The molecule has 0 heterocycles. The Labute approximate surface area is 261 Å². The summed E-state index contributed by atoms with van der Waals surface area (Å²) in [7, 11) is 1.62. The Hall–Kier alpha value is -3.87. The van der Waals surface area contributed by atoms with Gasteiger partial charge >= 0.3 is 12.1 Å². The lowest BCUT2D eigenvalue weighted by atomic mass is 9.98. The molecule has 0 aliphatic rings. The molecule has 13 heteroatoms. The van der Waals surface area contributed by atoms with Gasteiger partial charge in [0.1, 0.15) is 24.3 Å². The number of ether oxygens (including phenoxy) is 2. The van der Waals surface area contributed by atoms with Gasteiger partial charge in [-0.3, -0.25) is 15.0 Å². The molecule has 0 saturated carbocycles. The van der Waals surface area contributed by atoms with Crippen molar-refractivity contribution in [3.63, 3.8) is 0 Å². The van der Waals surface area contributed by atoms with Crippen LogP contribution in [0.2, 0.25) is 0 Å². The standard InChI is InChI=1S/C31H53N7O6/c1-7-21(2)25(28(41)43-20-22-14-9-8-10-15-22)38-27(40)24(17-13-19-35-29(33)34-6)37-26(39)23(32)16-11-12-18-36-30(42)44-31(3,4)5/h8-10,14-15,21,23-25H,7,11-13,16-20,32H2,1-6H3,(H,36,42)(H,37,39)(H,38,40)(H3,33,34,35)/t21?,23-,24-,25+/m1/s1. The van der Waals surface area contributed by atoms with Gasteiger partial charge in [0.25, 0.3) is 0 Å². The first-order valence-corrected chi connectivity index (χ1v) is 15.3. The summed E-state index contributed by atoms with van der Waals surface area (Å²) in [5, 5.41) is 21.4. The Bertz CT molecular complexity index is 1050. The quantitative estimate of drug-likeness (QED) is 0.0558. The van der Waals surface area contributed by atoms with Crippen LogP contribution in [-0.2, 0) is 30.5 Å². The van der Waals surface area contributed by atoms with Crippen LogP contribution in [0.15, 0.2) is 30.3 Å². The fraction of sp³-hybridized carbons (Fsp3) is 0.645. The van der Waals surface area contributed by atoms with Gasteiger partial charge in [0.05, 0.1) is 6.04 Å². The second kappa shape index (κ2) is 20.2. The average Bonchev–Trinajstić information content (AvgIpc) is 2.98. The van der Waals surface area contributed by atoms with Crippen molar-refractivity contribution in [1.82, 2.24) is 26.6 Å². The minimum absolute atomic E-state index is 0.0773. The summed E-state index contributed by atoms with van der Waals surface area (Å²) in [6.45, 7) is 9.96. The topological polar surface area (TPSA) is 197 Å². The minimum Gasteiger partial charge on any atom is -0.459 e. The third kappa shape index (κ3) is 16.1. The molecule has 1 rings (SSSR count). The first-order valence-electron chi connectivity index (χ1n) is 15.3. The summed E-state index contributed by atoms with van der Waals surface area (Å²) in [4.78, 5) is 51.3. The second-order valence-electron chi connectivity index (χ2n) is 11.8. The number of esters is 1. The van der Waals surface area contributed by atoms with Crippen LogP contribution in [0.4, 0.5) is 4.79 Å². The highest BCUT2D eigenvalue weighted by Crippen LogP contribution is 2.13. The van der Waals surface area contributed by atoms with Crippen LogP contribution in [0.1, 0.15) is 78.7 Å². The maximum Gasteiger partial charge on any atom is 0.407 e. The number of rotatable bonds is 18. The molecule has 0 fully saturated rings. The van der Waals surface area contributed by atoms with Gasteiger partial charge < -0.3 is 41.8 Å². The molecule has 1 aromatic carbocycles. The van der Waals surface area contributed by atoms with Crippen molar-refractivity contribution in [3.05, 3.63) is 35.9 Å². The number of amides is 3. The summed E-state index contributed by atoms with van der Waals surface area (Å²) >= 11 is 0. The Morgan fingerprint density at radius 3 is 2.20 bits per heavy atom. The van der Waals surface area contributed by atoms with Crippen LogP contribution in [0.5, 0.6) is 0 Å². The zero-order valence-corrected chi connectivity index (χ0v) is 27.1. The lowest BCUT2D eigenvalue weighted by molar-refractivity contribution is -0.151. The van der Waals surface area contributed by atoms with Crippen molar-refractivity contribution in [3.8, 4) is 0 Å². The van der Waals surface area contributed by atoms with Gasteiger partial charge in [-0.1, -0.05) is 50.6 Å². The summed E-state index contributed by atoms with van der Waals surface area (Å²) in [5.41, 5.74) is 6.38. The van der Waals surface area contributed by atoms with E-state index in [0.29, 0.717) is 45.2 Å². The molecule has 0 aromatic heterocycles. The largest absolute Gasteiger partial charge is 0.459 e. The Kier molecular flexibility index (Phi) is 17.5. The molecule has 1 unspecified atom stereocenters. The zero-order valence-electron chi connectivity index (χ0n) is 27.1. The van der Waals surface area contributed by atoms with Crippen LogP contribution in [0.25, 0.3) is 0 Å². The van der Waals surface area contributed by atoms with Crippen molar-refractivity contribution in [2.24, 2.45) is 11.7 Å². The molecule has 0 aliphatic carbocycles. The van der Waals surface area contributed by atoms with E-state index in [0.717, 1.165) is 5.56 Å². The van der Waals surface area contributed by atoms with E-state index in [1.54, 1.807) is 27.8 Å². The number of hydrogen-bond acceptors (Lipinski definition) is 8. The predicted octanol–water partition coefficient (Wildman–Crippen LogP) is 2.29. The van der Waals surface area contributed by atoms with E-state index in [4.69, 9.17) is 20.6 Å². The molecule has 0 radical (unpaired) electrons. The second-order valence-corrected chi connectivity index (χ2v) is 11.8. The molecule has 8 N–H and O–H groups in total. The van der Waals surface area contributed by atoms with E-state index in [1.165, 1.54) is 0 Å². The van der Waals surface area contributed by atoms with E-state index < -0.39 is 47.6 Å². The van der Waals surface area contributed by atoms with Crippen LogP contribution < -0.4 is 32.3 Å². The summed E-state index contributed by atoms with van der Waals surface area (Å²) in [6, 6.07) is 6.53. The van der Waals surface area contributed by atoms with Crippen molar-refractivity contribution in [2.75, 3.05) is 20.1 Å². The molecule has 0 aliphatic heterocycles. The van der Waals surface area contributed by atoms with Crippen LogP contribution >= 0.6 is 0 Å². The SMILES string of the molecule is CCC(C)[C@H](NC(=O)[C@@H](CCCNC(=N)NC)NC(=O)[C@H](N)CCCCNC(=O)OC(C)(C)C)C(=O)OCc1ccccc1. The highest BCUT2D eigenvalue weighted by Gasteiger charge is 2.31. The van der Waals surface area contributed by atoms with E-state index >= 15 is 0 Å². The third-order valence-electron chi connectivity index (χ3n) is 6.79. The van der Waals surface area contributed by atoms with Gasteiger partial charge in [-0.15, -0.1) is 0 Å². The molecule has 44 heavy (non-hydrogen) atoms. The highest BCUT2D eigenvalue weighted by atomic mass is 16.6. The van der Waals surface area contributed by atoms with E-state index in [2.05, 4.69) is 26.6 Å². The molecule has 13 nitrogen and oxygen atoms in total. The van der Waals surface area contributed by atoms with Crippen molar-refractivity contribution >= 4 is 29.8 Å². The molecule has 4 atom stereocenters. The lowest BCUT2D eigenvalue weighted by Crippen LogP contribution is -2.56. The van der Waals surface area contributed by atoms with Gasteiger partial charge in [0.15, 0.2) is 5.96 Å².